The van der Waals surface area contributed by atoms with Crippen molar-refractivity contribution in [2.24, 2.45) is 0 Å². The summed E-state index contributed by atoms with van der Waals surface area (Å²) in [4.78, 5) is 0. The molecule has 1 aromatic heterocycles. The predicted molar refractivity (Wildman–Crippen MR) is 90.3 cm³/mol. The third-order valence-corrected chi connectivity index (χ3v) is 4.09. The Kier molecular flexibility index (Phi) is 2.61. The summed E-state index contributed by atoms with van der Waals surface area (Å²) in [5.74, 6) is 0. The summed E-state index contributed by atoms with van der Waals surface area (Å²) < 4.78 is 2.36. The number of hydrogen-bond acceptors (Lipinski definition) is 0. The largest absolute Gasteiger partial charge is 0.309 e. The fourth-order valence-electron chi connectivity index (χ4n) is 3.13. The zero-order valence-electron chi connectivity index (χ0n) is 12.3. The number of para-hydroxylation sites is 1. The molecule has 21 heavy (non-hydrogen) atoms. The highest BCUT2D eigenvalue weighted by Gasteiger charge is 2.11. The van der Waals surface area contributed by atoms with Gasteiger partial charge in [0.05, 0.1) is 11.0 Å². The van der Waals surface area contributed by atoms with Gasteiger partial charge < -0.3 is 4.57 Å². The van der Waals surface area contributed by atoms with E-state index in [1.54, 1.807) is 0 Å². The van der Waals surface area contributed by atoms with Crippen LogP contribution in [-0.2, 0) is 0 Å². The maximum atomic E-state index is 2.36. The number of hydrogen-bond donors (Lipinski definition) is 0. The Morgan fingerprint density at radius 2 is 1.38 bits per heavy atom. The van der Waals surface area contributed by atoms with Crippen molar-refractivity contribution >= 4 is 21.8 Å². The van der Waals surface area contributed by atoms with Crippen LogP contribution >= 0.6 is 0 Å². The van der Waals surface area contributed by atoms with Crippen molar-refractivity contribution < 1.29 is 0 Å². The number of nitrogens with zero attached hydrogens (tertiary/aromatic N) is 1. The average molecular weight is 271 g/mol. The van der Waals surface area contributed by atoms with E-state index in [1.165, 1.54) is 38.6 Å². The molecule has 0 saturated heterocycles. The SMILES string of the molecule is Cc1cccc(-n2c3ccccc3c3cc(C)ccc32)c1. The summed E-state index contributed by atoms with van der Waals surface area (Å²) in [7, 11) is 0. The smallest absolute Gasteiger partial charge is 0.0541 e. The number of fused-ring (bicyclic) bond motifs is 3. The first-order valence-electron chi connectivity index (χ1n) is 7.31. The Balaban J connectivity index is 2.20. The molecule has 4 rings (SSSR count). The quantitative estimate of drug-likeness (QED) is 0.437. The first-order chi connectivity index (χ1) is 10.2. The summed E-state index contributed by atoms with van der Waals surface area (Å²) >= 11 is 0. The fourth-order valence-corrected chi connectivity index (χ4v) is 3.13. The van der Waals surface area contributed by atoms with Gasteiger partial charge in [-0.05, 0) is 49.7 Å². The summed E-state index contributed by atoms with van der Waals surface area (Å²) in [6.07, 6.45) is 0. The molecule has 0 saturated carbocycles. The number of aromatic nitrogens is 1. The van der Waals surface area contributed by atoms with Crippen LogP contribution in [0, 0.1) is 13.8 Å². The molecule has 0 bridgehead atoms. The molecule has 0 radical (unpaired) electrons. The maximum absolute atomic E-state index is 2.36. The molecule has 0 spiro atoms. The van der Waals surface area contributed by atoms with Crippen molar-refractivity contribution in [2.45, 2.75) is 13.8 Å². The van der Waals surface area contributed by atoms with E-state index in [-0.39, 0.29) is 0 Å². The zero-order valence-corrected chi connectivity index (χ0v) is 12.3. The lowest BCUT2D eigenvalue weighted by Gasteiger charge is -2.08. The van der Waals surface area contributed by atoms with Gasteiger partial charge in [-0.15, -0.1) is 0 Å². The van der Waals surface area contributed by atoms with Crippen LogP contribution in [0.1, 0.15) is 11.1 Å². The van der Waals surface area contributed by atoms with Gasteiger partial charge in [0.25, 0.3) is 0 Å². The van der Waals surface area contributed by atoms with Crippen LogP contribution in [0.5, 0.6) is 0 Å². The van der Waals surface area contributed by atoms with Gasteiger partial charge in [0.15, 0.2) is 0 Å². The van der Waals surface area contributed by atoms with Crippen LogP contribution in [0.25, 0.3) is 27.5 Å². The summed E-state index contributed by atoms with van der Waals surface area (Å²) in [5, 5.41) is 2.64. The monoisotopic (exact) mass is 271 g/mol. The summed E-state index contributed by atoms with van der Waals surface area (Å²) in [5.41, 5.74) is 6.35. The predicted octanol–water partition coefficient (Wildman–Crippen LogP) is 5.40. The molecule has 0 atom stereocenters. The molecule has 0 amide bonds. The first kappa shape index (κ1) is 12.2. The van der Waals surface area contributed by atoms with Crippen molar-refractivity contribution in [3.63, 3.8) is 0 Å². The second-order valence-electron chi connectivity index (χ2n) is 5.71. The average Bonchev–Trinajstić information content (AvgIpc) is 2.81. The number of rotatable bonds is 1. The first-order valence-corrected chi connectivity index (χ1v) is 7.31. The Morgan fingerprint density at radius 3 is 2.24 bits per heavy atom. The lowest BCUT2D eigenvalue weighted by Crippen LogP contribution is -1.93. The van der Waals surface area contributed by atoms with Crippen LogP contribution in [-0.4, -0.2) is 4.57 Å². The Labute approximate surface area is 124 Å². The van der Waals surface area contributed by atoms with Gasteiger partial charge in [-0.3, -0.25) is 0 Å². The third kappa shape index (κ3) is 1.85. The van der Waals surface area contributed by atoms with Gasteiger partial charge in [0.1, 0.15) is 0 Å². The van der Waals surface area contributed by atoms with Crippen LogP contribution in [0.4, 0.5) is 0 Å². The fraction of sp³-hybridized carbons (Fsp3) is 0.100. The lowest BCUT2D eigenvalue weighted by atomic mass is 10.1. The molecule has 3 aromatic carbocycles. The number of aryl methyl sites for hydroxylation is 2. The Bertz CT molecular complexity index is 960. The normalized spacial score (nSPS) is 11.3. The third-order valence-electron chi connectivity index (χ3n) is 4.09. The summed E-state index contributed by atoms with van der Waals surface area (Å²) in [6.45, 7) is 4.29. The van der Waals surface area contributed by atoms with Gasteiger partial charge in [0, 0.05) is 16.5 Å². The minimum Gasteiger partial charge on any atom is -0.309 e. The van der Waals surface area contributed by atoms with E-state index in [1.807, 2.05) is 0 Å². The minimum atomic E-state index is 1.23. The molecule has 0 aliphatic carbocycles. The second kappa shape index (κ2) is 4.49. The second-order valence-corrected chi connectivity index (χ2v) is 5.71. The van der Waals surface area contributed by atoms with E-state index < -0.39 is 0 Å². The van der Waals surface area contributed by atoms with Crippen molar-refractivity contribution in [1.82, 2.24) is 4.57 Å². The highest BCUT2D eigenvalue weighted by Crippen LogP contribution is 2.32. The molecule has 1 heteroatoms. The highest BCUT2D eigenvalue weighted by molar-refractivity contribution is 6.09. The van der Waals surface area contributed by atoms with Gasteiger partial charge in [-0.25, -0.2) is 0 Å². The Hall–Kier alpha value is -2.54. The molecule has 0 unspecified atom stereocenters. The van der Waals surface area contributed by atoms with Gasteiger partial charge in [-0.2, -0.15) is 0 Å². The molecule has 102 valence electrons. The zero-order chi connectivity index (χ0) is 14.4. The molecular formula is C20H17N. The van der Waals surface area contributed by atoms with Crippen molar-refractivity contribution in [3.05, 3.63) is 77.9 Å². The van der Waals surface area contributed by atoms with Crippen LogP contribution in [0.2, 0.25) is 0 Å². The van der Waals surface area contributed by atoms with E-state index >= 15 is 0 Å². The molecule has 0 fully saturated rings. The van der Waals surface area contributed by atoms with Crippen LogP contribution in [0.3, 0.4) is 0 Å². The topological polar surface area (TPSA) is 4.93 Å². The van der Waals surface area contributed by atoms with Gasteiger partial charge in [0.2, 0.25) is 0 Å². The van der Waals surface area contributed by atoms with E-state index in [9.17, 15) is 0 Å². The maximum Gasteiger partial charge on any atom is 0.0541 e. The summed E-state index contributed by atoms with van der Waals surface area (Å²) in [6, 6.07) is 24.0. The minimum absolute atomic E-state index is 1.23. The van der Waals surface area contributed by atoms with E-state index in [0.29, 0.717) is 0 Å². The molecule has 1 heterocycles. The molecule has 0 aliphatic rings. The standard InChI is InChI=1S/C20H17N/c1-14-6-5-7-16(12-14)21-19-9-4-3-8-17(19)18-13-15(2)10-11-20(18)21/h3-13H,1-2H3. The number of benzene rings is 3. The van der Waals surface area contributed by atoms with Crippen LogP contribution in [0.15, 0.2) is 66.7 Å². The van der Waals surface area contributed by atoms with Crippen LogP contribution < -0.4 is 0 Å². The molecule has 0 aliphatic heterocycles. The van der Waals surface area contributed by atoms with Crippen molar-refractivity contribution in [1.29, 1.82) is 0 Å². The van der Waals surface area contributed by atoms with Crippen molar-refractivity contribution in [2.75, 3.05) is 0 Å². The van der Waals surface area contributed by atoms with Gasteiger partial charge in [-0.1, -0.05) is 42.0 Å². The van der Waals surface area contributed by atoms with Crippen molar-refractivity contribution in [3.8, 4) is 5.69 Å². The lowest BCUT2D eigenvalue weighted by molar-refractivity contribution is 1.17. The van der Waals surface area contributed by atoms with Gasteiger partial charge >= 0.3 is 0 Å². The molecule has 0 N–H and O–H groups in total. The Morgan fingerprint density at radius 1 is 0.619 bits per heavy atom. The molecular weight excluding hydrogens is 254 g/mol. The molecule has 4 aromatic rings. The van der Waals surface area contributed by atoms with E-state index in [4.69, 9.17) is 0 Å². The highest BCUT2D eigenvalue weighted by atomic mass is 15.0. The molecule has 1 nitrogen and oxygen atoms in total. The van der Waals surface area contributed by atoms with E-state index in [0.717, 1.165) is 0 Å². The van der Waals surface area contributed by atoms with E-state index in [2.05, 4.69) is 85.1 Å².